The number of nitrogens with zero attached hydrogens (tertiary/aromatic N) is 1. The van der Waals surface area contributed by atoms with Crippen LogP contribution in [-0.2, 0) is 6.54 Å². The molecular weight excluding hydrogens is 192 g/mol. The summed E-state index contributed by atoms with van der Waals surface area (Å²) in [6.07, 6.45) is 5.73. The normalized spacial score (nSPS) is 10.2. The predicted octanol–water partition coefficient (Wildman–Crippen LogP) is 2.13. The van der Waals surface area contributed by atoms with E-state index in [0.717, 1.165) is 31.6 Å². The zero-order valence-corrected chi connectivity index (χ0v) is 9.16. The third-order valence-electron chi connectivity index (χ3n) is 1.86. The smallest absolute Gasteiger partial charge is 0.393 e. The Morgan fingerprint density at radius 1 is 1.67 bits per heavy atom. The van der Waals surface area contributed by atoms with Gasteiger partial charge in [-0.1, -0.05) is 13.0 Å². The Hall–Kier alpha value is -1.29. The summed E-state index contributed by atoms with van der Waals surface area (Å²) in [4.78, 5) is 4.17. The van der Waals surface area contributed by atoms with Crippen LogP contribution >= 0.6 is 0 Å². The van der Waals surface area contributed by atoms with Gasteiger partial charge in [-0.3, -0.25) is 0 Å². The quantitative estimate of drug-likeness (QED) is 0.527. The van der Waals surface area contributed by atoms with Gasteiger partial charge in [0.1, 0.15) is 6.26 Å². The first-order chi connectivity index (χ1) is 7.36. The summed E-state index contributed by atoms with van der Waals surface area (Å²) < 4.78 is 10.5. The van der Waals surface area contributed by atoms with Gasteiger partial charge in [0.15, 0.2) is 0 Å². The molecule has 1 N–H and O–H groups in total. The molecule has 4 nitrogen and oxygen atoms in total. The number of allylic oxidation sites excluding steroid dienone is 1. The molecule has 0 aliphatic rings. The molecule has 0 atom stereocenters. The molecule has 0 fully saturated rings. The summed E-state index contributed by atoms with van der Waals surface area (Å²) >= 11 is 0. The van der Waals surface area contributed by atoms with Gasteiger partial charge in [0.05, 0.1) is 12.3 Å². The van der Waals surface area contributed by atoms with Gasteiger partial charge >= 0.3 is 6.08 Å². The van der Waals surface area contributed by atoms with Crippen molar-refractivity contribution < 1.29 is 9.15 Å². The van der Waals surface area contributed by atoms with Gasteiger partial charge < -0.3 is 14.5 Å². The molecule has 1 rings (SSSR count). The molecule has 0 aliphatic carbocycles. The third kappa shape index (κ3) is 4.65. The molecule has 0 saturated carbocycles. The maximum atomic E-state index is 5.32. The average Bonchev–Trinajstić information content (AvgIpc) is 2.69. The molecular formula is C11H18N2O2. The van der Waals surface area contributed by atoms with Crippen molar-refractivity contribution in [1.82, 2.24) is 10.3 Å². The highest BCUT2D eigenvalue weighted by molar-refractivity contribution is 4.99. The van der Waals surface area contributed by atoms with Crippen LogP contribution in [0.15, 0.2) is 23.3 Å². The van der Waals surface area contributed by atoms with Crippen molar-refractivity contribution in [2.24, 2.45) is 0 Å². The van der Waals surface area contributed by atoms with Crippen molar-refractivity contribution in [3.05, 3.63) is 24.6 Å². The second kappa shape index (κ2) is 7.06. The molecule has 15 heavy (non-hydrogen) atoms. The van der Waals surface area contributed by atoms with E-state index < -0.39 is 0 Å². The summed E-state index contributed by atoms with van der Waals surface area (Å²) in [5.74, 6) is 0. The maximum Gasteiger partial charge on any atom is 0.393 e. The molecule has 1 heterocycles. The van der Waals surface area contributed by atoms with Crippen LogP contribution in [0.4, 0.5) is 0 Å². The van der Waals surface area contributed by atoms with Crippen molar-refractivity contribution in [2.45, 2.75) is 26.3 Å². The number of aromatic nitrogens is 1. The van der Waals surface area contributed by atoms with Gasteiger partial charge in [-0.25, -0.2) is 0 Å². The van der Waals surface area contributed by atoms with Gasteiger partial charge in [0, 0.05) is 6.54 Å². The van der Waals surface area contributed by atoms with Gasteiger partial charge in [-0.05, 0) is 19.4 Å². The summed E-state index contributed by atoms with van der Waals surface area (Å²) in [7, 11) is 0. The molecule has 1 aromatic rings. The number of hydrogen-bond acceptors (Lipinski definition) is 4. The molecule has 1 aromatic heterocycles. The third-order valence-corrected chi connectivity index (χ3v) is 1.86. The first-order valence-corrected chi connectivity index (χ1v) is 5.25. The minimum absolute atomic E-state index is 0.354. The Morgan fingerprint density at radius 3 is 3.27 bits per heavy atom. The fraction of sp³-hybridized carbons (Fsp3) is 0.545. The summed E-state index contributed by atoms with van der Waals surface area (Å²) in [5.41, 5.74) is 0.871. The summed E-state index contributed by atoms with van der Waals surface area (Å²) in [5, 5.41) is 3.16. The number of nitrogens with one attached hydrogen (secondary N) is 1. The van der Waals surface area contributed by atoms with Crippen molar-refractivity contribution in [2.75, 3.05) is 13.2 Å². The molecule has 0 aromatic carbocycles. The van der Waals surface area contributed by atoms with Crippen LogP contribution in [0.1, 0.15) is 25.5 Å². The maximum absolute atomic E-state index is 5.32. The molecule has 0 radical (unpaired) electrons. The van der Waals surface area contributed by atoms with Crippen molar-refractivity contribution in [3.8, 4) is 6.08 Å². The van der Waals surface area contributed by atoms with Crippen molar-refractivity contribution in [1.29, 1.82) is 0 Å². The lowest BCUT2D eigenvalue weighted by Crippen LogP contribution is -2.11. The van der Waals surface area contributed by atoms with Crippen LogP contribution in [-0.4, -0.2) is 18.1 Å². The lowest BCUT2D eigenvalue weighted by molar-refractivity contribution is 0.227. The van der Waals surface area contributed by atoms with E-state index in [1.54, 1.807) is 6.26 Å². The predicted molar refractivity (Wildman–Crippen MR) is 58.8 cm³/mol. The fourth-order valence-corrected chi connectivity index (χ4v) is 1.08. The Morgan fingerprint density at radius 2 is 2.53 bits per heavy atom. The lowest BCUT2D eigenvalue weighted by Gasteiger charge is -1.98. The number of hydrogen-bond donors (Lipinski definition) is 1. The number of oxazole rings is 1. The van der Waals surface area contributed by atoms with Gasteiger partial charge in [-0.15, -0.1) is 6.58 Å². The van der Waals surface area contributed by atoms with E-state index in [0.29, 0.717) is 12.7 Å². The van der Waals surface area contributed by atoms with Crippen LogP contribution < -0.4 is 10.1 Å². The largest absolute Gasteiger partial charge is 0.450 e. The van der Waals surface area contributed by atoms with Crippen LogP contribution in [0.25, 0.3) is 0 Å². The standard InChI is InChI=1S/C11H18N2O2/c1-3-5-6-7-14-11-13-10(9-15-11)8-12-4-2/h3,9,12H,1,4-8H2,2H3. The first-order valence-electron chi connectivity index (χ1n) is 5.25. The SMILES string of the molecule is C=CCCCOc1nc(CNCC)co1. The van der Waals surface area contributed by atoms with E-state index in [-0.39, 0.29) is 0 Å². The first kappa shape index (κ1) is 11.8. The van der Waals surface area contributed by atoms with Crippen LogP contribution in [0.5, 0.6) is 6.08 Å². The summed E-state index contributed by atoms with van der Waals surface area (Å²) in [6, 6.07) is 0. The van der Waals surface area contributed by atoms with E-state index in [1.165, 1.54) is 0 Å². The van der Waals surface area contributed by atoms with Crippen molar-refractivity contribution in [3.63, 3.8) is 0 Å². The molecule has 0 amide bonds. The zero-order chi connectivity index (χ0) is 10.9. The Kier molecular flexibility index (Phi) is 5.55. The van der Waals surface area contributed by atoms with Crippen LogP contribution in [0.3, 0.4) is 0 Å². The van der Waals surface area contributed by atoms with E-state index >= 15 is 0 Å². The minimum Gasteiger partial charge on any atom is -0.450 e. The number of ether oxygens (including phenoxy) is 1. The Balaban J connectivity index is 2.23. The fourth-order valence-electron chi connectivity index (χ4n) is 1.08. The minimum atomic E-state index is 0.354. The Labute approximate surface area is 90.3 Å². The second-order valence-corrected chi connectivity index (χ2v) is 3.16. The highest BCUT2D eigenvalue weighted by Crippen LogP contribution is 2.10. The molecule has 0 unspecified atom stereocenters. The van der Waals surface area contributed by atoms with Crippen molar-refractivity contribution >= 4 is 0 Å². The van der Waals surface area contributed by atoms with Crippen LogP contribution in [0, 0.1) is 0 Å². The molecule has 0 spiro atoms. The highest BCUT2D eigenvalue weighted by atomic mass is 16.6. The summed E-state index contributed by atoms with van der Waals surface area (Å²) in [6.45, 7) is 7.94. The number of rotatable bonds is 8. The molecule has 0 saturated heterocycles. The van der Waals surface area contributed by atoms with Crippen LogP contribution in [0.2, 0.25) is 0 Å². The molecule has 84 valence electrons. The molecule has 0 aliphatic heterocycles. The molecule has 4 heteroatoms. The molecule has 0 bridgehead atoms. The Bertz CT molecular complexity index is 284. The van der Waals surface area contributed by atoms with Gasteiger partial charge in [0.2, 0.25) is 0 Å². The van der Waals surface area contributed by atoms with E-state index in [9.17, 15) is 0 Å². The highest BCUT2D eigenvalue weighted by Gasteiger charge is 2.03. The zero-order valence-electron chi connectivity index (χ0n) is 9.16. The topological polar surface area (TPSA) is 47.3 Å². The van der Waals surface area contributed by atoms with E-state index in [4.69, 9.17) is 9.15 Å². The second-order valence-electron chi connectivity index (χ2n) is 3.16. The van der Waals surface area contributed by atoms with Gasteiger partial charge in [-0.2, -0.15) is 4.98 Å². The average molecular weight is 210 g/mol. The number of unbranched alkanes of at least 4 members (excludes halogenated alkanes) is 1. The van der Waals surface area contributed by atoms with E-state index in [2.05, 4.69) is 16.9 Å². The van der Waals surface area contributed by atoms with Gasteiger partial charge in [0.25, 0.3) is 0 Å². The monoisotopic (exact) mass is 210 g/mol. The van der Waals surface area contributed by atoms with E-state index in [1.807, 2.05) is 13.0 Å². The lowest BCUT2D eigenvalue weighted by atomic mass is 10.3.